The molecule has 0 aromatic heterocycles. The van der Waals surface area contributed by atoms with E-state index in [4.69, 9.17) is 10.00 Å². The summed E-state index contributed by atoms with van der Waals surface area (Å²) in [6.45, 7) is 0.464. The number of carbonyl (C=O) groups excluding carboxylic acids is 1. The van der Waals surface area contributed by atoms with Crippen LogP contribution in [0.2, 0.25) is 0 Å². The quantitative estimate of drug-likeness (QED) is 0.855. The standard InChI is InChI=1S/C13H17N3O2/c1-16(2)12(17)7-8-15-13-10(9-14)5-4-6-11(13)18-3/h4-6,15H,7-8H2,1-3H3. The summed E-state index contributed by atoms with van der Waals surface area (Å²) in [7, 11) is 4.98. The van der Waals surface area contributed by atoms with Crippen molar-refractivity contribution in [1.29, 1.82) is 5.26 Å². The van der Waals surface area contributed by atoms with Gasteiger partial charge < -0.3 is 15.0 Å². The topological polar surface area (TPSA) is 65.4 Å². The van der Waals surface area contributed by atoms with Crippen LogP contribution in [0.15, 0.2) is 18.2 Å². The van der Waals surface area contributed by atoms with Gasteiger partial charge in [-0.25, -0.2) is 0 Å². The first-order chi connectivity index (χ1) is 8.60. The Kier molecular flexibility index (Phi) is 5.00. The van der Waals surface area contributed by atoms with Gasteiger partial charge in [-0.05, 0) is 12.1 Å². The summed E-state index contributed by atoms with van der Waals surface area (Å²) in [6, 6.07) is 7.33. The van der Waals surface area contributed by atoms with Gasteiger partial charge in [0.1, 0.15) is 11.8 Å². The lowest BCUT2D eigenvalue weighted by Gasteiger charge is -2.14. The number of hydrogen-bond acceptors (Lipinski definition) is 4. The molecule has 0 radical (unpaired) electrons. The second kappa shape index (κ2) is 6.50. The van der Waals surface area contributed by atoms with Crippen LogP contribution in [0, 0.1) is 11.3 Å². The Morgan fingerprint density at radius 3 is 2.78 bits per heavy atom. The molecule has 1 aromatic carbocycles. The number of nitrogens with one attached hydrogen (secondary N) is 1. The van der Waals surface area contributed by atoms with Crippen molar-refractivity contribution < 1.29 is 9.53 Å². The summed E-state index contributed by atoms with van der Waals surface area (Å²) >= 11 is 0. The molecule has 0 unspecified atom stereocenters. The third-order valence-electron chi connectivity index (χ3n) is 2.51. The molecule has 0 saturated carbocycles. The van der Waals surface area contributed by atoms with Crippen LogP contribution in [0.3, 0.4) is 0 Å². The second-order valence-electron chi connectivity index (χ2n) is 3.96. The molecule has 0 aliphatic heterocycles. The first-order valence-corrected chi connectivity index (χ1v) is 5.61. The average molecular weight is 247 g/mol. The molecule has 0 aliphatic rings. The van der Waals surface area contributed by atoms with Crippen LogP contribution in [0.25, 0.3) is 0 Å². The van der Waals surface area contributed by atoms with E-state index >= 15 is 0 Å². The molecule has 18 heavy (non-hydrogen) atoms. The van der Waals surface area contributed by atoms with Gasteiger partial charge in [-0.2, -0.15) is 5.26 Å². The number of para-hydroxylation sites is 1. The number of nitrogens with zero attached hydrogens (tertiary/aromatic N) is 2. The molecule has 5 nitrogen and oxygen atoms in total. The Balaban J connectivity index is 2.72. The predicted molar refractivity (Wildman–Crippen MR) is 69.5 cm³/mol. The minimum atomic E-state index is 0.0379. The molecule has 1 aromatic rings. The highest BCUT2D eigenvalue weighted by Crippen LogP contribution is 2.27. The fraction of sp³-hybridized carbons (Fsp3) is 0.385. The molecular formula is C13H17N3O2. The number of amides is 1. The maximum atomic E-state index is 11.4. The van der Waals surface area contributed by atoms with Crippen molar-refractivity contribution >= 4 is 11.6 Å². The Hall–Kier alpha value is -2.22. The molecule has 0 fully saturated rings. The molecule has 0 aliphatic carbocycles. The predicted octanol–water partition coefficient (Wildman–Crippen LogP) is 1.46. The fourth-order valence-corrected chi connectivity index (χ4v) is 1.49. The zero-order valence-electron chi connectivity index (χ0n) is 10.9. The summed E-state index contributed by atoms with van der Waals surface area (Å²) in [5.74, 6) is 0.641. The van der Waals surface area contributed by atoms with Gasteiger partial charge in [0.2, 0.25) is 5.91 Å². The number of methoxy groups -OCH3 is 1. The van der Waals surface area contributed by atoms with Gasteiger partial charge in [0.05, 0.1) is 18.4 Å². The Bertz CT molecular complexity index is 464. The van der Waals surface area contributed by atoms with Gasteiger partial charge in [0.25, 0.3) is 0 Å². The lowest BCUT2D eigenvalue weighted by Crippen LogP contribution is -2.24. The molecule has 96 valence electrons. The van der Waals surface area contributed by atoms with Gasteiger partial charge in [-0.1, -0.05) is 6.07 Å². The minimum Gasteiger partial charge on any atom is -0.495 e. The molecule has 0 spiro atoms. The number of nitriles is 1. The molecule has 0 heterocycles. The molecule has 1 rings (SSSR count). The highest BCUT2D eigenvalue weighted by molar-refractivity contribution is 5.76. The van der Waals surface area contributed by atoms with Gasteiger partial charge in [0, 0.05) is 27.1 Å². The number of ether oxygens (including phenoxy) is 1. The number of hydrogen-bond donors (Lipinski definition) is 1. The maximum absolute atomic E-state index is 11.4. The maximum Gasteiger partial charge on any atom is 0.223 e. The summed E-state index contributed by atoms with van der Waals surface area (Å²) in [5.41, 5.74) is 1.14. The van der Waals surface area contributed by atoms with Crippen molar-refractivity contribution in [2.75, 3.05) is 33.1 Å². The van der Waals surface area contributed by atoms with Crippen LogP contribution in [0.4, 0.5) is 5.69 Å². The van der Waals surface area contributed by atoms with Crippen LogP contribution < -0.4 is 10.1 Å². The summed E-state index contributed by atoms with van der Waals surface area (Å²) in [6.07, 6.45) is 0.371. The van der Waals surface area contributed by atoms with Crippen LogP contribution >= 0.6 is 0 Å². The fourth-order valence-electron chi connectivity index (χ4n) is 1.49. The first kappa shape index (κ1) is 13.8. The number of anilines is 1. The van der Waals surface area contributed by atoms with Crippen molar-refractivity contribution in [3.05, 3.63) is 23.8 Å². The minimum absolute atomic E-state index is 0.0379. The van der Waals surface area contributed by atoms with E-state index in [0.717, 1.165) is 0 Å². The lowest BCUT2D eigenvalue weighted by atomic mass is 10.1. The van der Waals surface area contributed by atoms with E-state index in [1.54, 1.807) is 39.4 Å². The first-order valence-electron chi connectivity index (χ1n) is 5.61. The highest BCUT2D eigenvalue weighted by Gasteiger charge is 2.09. The number of benzene rings is 1. The van der Waals surface area contributed by atoms with Gasteiger partial charge >= 0.3 is 0 Å². The average Bonchev–Trinajstić information content (AvgIpc) is 2.38. The van der Waals surface area contributed by atoms with Gasteiger partial charge in [-0.15, -0.1) is 0 Å². The van der Waals surface area contributed by atoms with E-state index in [1.165, 1.54) is 4.90 Å². The van der Waals surface area contributed by atoms with E-state index in [1.807, 2.05) is 0 Å². The SMILES string of the molecule is COc1cccc(C#N)c1NCCC(=O)N(C)C. The van der Waals surface area contributed by atoms with E-state index in [-0.39, 0.29) is 5.91 Å². The van der Waals surface area contributed by atoms with E-state index in [0.29, 0.717) is 30.0 Å². The molecule has 1 N–H and O–H groups in total. The van der Waals surface area contributed by atoms with Crippen LogP contribution in [0.1, 0.15) is 12.0 Å². The van der Waals surface area contributed by atoms with E-state index < -0.39 is 0 Å². The lowest BCUT2D eigenvalue weighted by molar-refractivity contribution is -0.128. The van der Waals surface area contributed by atoms with Gasteiger partial charge in [-0.3, -0.25) is 4.79 Å². The third kappa shape index (κ3) is 3.39. The normalized spacial score (nSPS) is 9.44. The van der Waals surface area contributed by atoms with Gasteiger partial charge in [0.15, 0.2) is 0 Å². The van der Waals surface area contributed by atoms with Crippen molar-refractivity contribution in [1.82, 2.24) is 4.90 Å². The van der Waals surface area contributed by atoms with Crippen LogP contribution in [-0.2, 0) is 4.79 Å². The number of rotatable bonds is 5. The molecule has 0 atom stereocenters. The Morgan fingerprint density at radius 1 is 1.50 bits per heavy atom. The molecule has 1 amide bonds. The van der Waals surface area contributed by atoms with Crippen molar-refractivity contribution in [3.63, 3.8) is 0 Å². The Morgan fingerprint density at radius 2 is 2.22 bits per heavy atom. The molecule has 5 heteroatoms. The summed E-state index contributed by atoms with van der Waals surface area (Å²) in [4.78, 5) is 13.0. The highest BCUT2D eigenvalue weighted by atomic mass is 16.5. The van der Waals surface area contributed by atoms with Crippen molar-refractivity contribution in [2.45, 2.75) is 6.42 Å². The van der Waals surface area contributed by atoms with Crippen molar-refractivity contribution in [2.24, 2.45) is 0 Å². The monoisotopic (exact) mass is 247 g/mol. The zero-order chi connectivity index (χ0) is 13.5. The summed E-state index contributed by atoms with van der Waals surface area (Å²) < 4.78 is 5.18. The largest absolute Gasteiger partial charge is 0.495 e. The van der Waals surface area contributed by atoms with Crippen molar-refractivity contribution in [3.8, 4) is 11.8 Å². The van der Waals surface area contributed by atoms with E-state index in [2.05, 4.69) is 11.4 Å². The second-order valence-corrected chi connectivity index (χ2v) is 3.96. The third-order valence-corrected chi connectivity index (χ3v) is 2.51. The van der Waals surface area contributed by atoms with E-state index in [9.17, 15) is 4.79 Å². The molecule has 0 bridgehead atoms. The van der Waals surface area contributed by atoms with Crippen LogP contribution in [0.5, 0.6) is 5.75 Å². The zero-order valence-corrected chi connectivity index (χ0v) is 10.9. The number of carbonyl (C=O) groups is 1. The summed E-state index contributed by atoms with van der Waals surface area (Å²) in [5, 5.41) is 12.1. The molecular weight excluding hydrogens is 230 g/mol. The molecule has 0 saturated heterocycles. The van der Waals surface area contributed by atoms with Crippen LogP contribution in [-0.4, -0.2) is 38.6 Å². The Labute approximate surface area is 107 Å². The smallest absolute Gasteiger partial charge is 0.223 e.